The Morgan fingerprint density at radius 3 is 2.50 bits per heavy atom. The summed E-state index contributed by atoms with van der Waals surface area (Å²) in [5.74, 6) is 0.0447. The third kappa shape index (κ3) is 3.65. The average Bonchev–Trinajstić information content (AvgIpc) is 2.47. The van der Waals surface area contributed by atoms with Crippen LogP contribution in [0.15, 0.2) is 41.0 Å². The number of benzene rings is 1. The second-order valence-electron chi connectivity index (χ2n) is 4.31. The van der Waals surface area contributed by atoms with Gasteiger partial charge < -0.3 is 5.11 Å². The molecule has 1 heterocycles. The van der Waals surface area contributed by atoms with Crippen LogP contribution in [0.3, 0.4) is 0 Å². The van der Waals surface area contributed by atoms with Crippen LogP contribution < -0.4 is 0 Å². The van der Waals surface area contributed by atoms with Gasteiger partial charge in [-0.1, -0.05) is 6.07 Å². The molecule has 0 saturated heterocycles. The molecule has 0 aliphatic heterocycles. The number of nitriles is 1. The minimum absolute atomic E-state index is 0.0447. The van der Waals surface area contributed by atoms with Crippen molar-refractivity contribution < 1.29 is 18.3 Å². The summed E-state index contributed by atoms with van der Waals surface area (Å²) >= 11 is 3.14. The molecular formula is C15H8BrF3N2O. The molecule has 2 rings (SSSR count). The maximum atomic E-state index is 12.5. The van der Waals surface area contributed by atoms with Crippen LogP contribution in [0, 0.1) is 11.3 Å². The summed E-state index contributed by atoms with van der Waals surface area (Å²) in [5, 5.41) is 18.6. The standard InChI is InChI=1S/C15H8BrF3N2O/c16-12-6-9(1-4-14(12)22)5-10(7-20)13-3-2-11(8-21-13)15(17,18)19/h1-6,8,22H. The van der Waals surface area contributed by atoms with Crippen molar-refractivity contribution in [3.63, 3.8) is 0 Å². The molecule has 2 aromatic rings. The Morgan fingerprint density at radius 2 is 2.00 bits per heavy atom. The number of nitrogens with zero attached hydrogens (tertiary/aromatic N) is 2. The van der Waals surface area contributed by atoms with Crippen molar-refractivity contribution in [1.82, 2.24) is 4.98 Å². The van der Waals surface area contributed by atoms with Crippen molar-refractivity contribution in [2.45, 2.75) is 6.18 Å². The summed E-state index contributed by atoms with van der Waals surface area (Å²) in [4.78, 5) is 3.68. The lowest BCUT2D eigenvalue weighted by atomic mass is 10.1. The normalized spacial score (nSPS) is 12.0. The highest BCUT2D eigenvalue weighted by molar-refractivity contribution is 9.10. The lowest BCUT2D eigenvalue weighted by Crippen LogP contribution is -2.05. The van der Waals surface area contributed by atoms with Crippen molar-refractivity contribution in [2.75, 3.05) is 0 Å². The zero-order valence-corrected chi connectivity index (χ0v) is 12.5. The molecule has 1 N–H and O–H groups in total. The number of aromatic hydroxyl groups is 1. The molecule has 112 valence electrons. The highest BCUT2D eigenvalue weighted by atomic mass is 79.9. The van der Waals surface area contributed by atoms with Gasteiger partial charge in [-0.05, 0) is 51.8 Å². The van der Waals surface area contributed by atoms with Crippen LogP contribution in [0.5, 0.6) is 5.75 Å². The summed E-state index contributed by atoms with van der Waals surface area (Å²) in [6.45, 7) is 0. The van der Waals surface area contributed by atoms with E-state index in [2.05, 4.69) is 20.9 Å². The molecular weight excluding hydrogens is 361 g/mol. The minimum atomic E-state index is -4.47. The lowest BCUT2D eigenvalue weighted by molar-refractivity contribution is -0.137. The SMILES string of the molecule is N#CC(=Cc1ccc(O)c(Br)c1)c1ccc(C(F)(F)F)cn1. The molecule has 0 bridgehead atoms. The molecule has 1 aromatic carbocycles. The van der Waals surface area contributed by atoms with Gasteiger partial charge in [0.2, 0.25) is 0 Å². The molecule has 22 heavy (non-hydrogen) atoms. The summed E-state index contributed by atoms with van der Waals surface area (Å²) in [5.41, 5.74) is -0.0187. The van der Waals surface area contributed by atoms with E-state index in [9.17, 15) is 18.3 Å². The number of halogens is 4. The third-order valence-corrected chi connectivity index (χ3v) is 3.41. The van der Waals surface area contributed by atoms with Gasteiger partial charge in [0.1, 0.15) is 11.8 Å². The van der Waals surface area contributed by atoms with Crippen molar-refractivity contribution in [3.8, 4) is 11.8 Å². The van der Waals surface area contributed by atoms with Gasteiger partial charge >= 0.3 is 6.18 Å². The molecule has 0 aliphatic rings. The van der Waals surface area contributed by atoms with Gasteiger partial charge in [-0.2, -0.15) is 18.4 Å². The zero-order chi connectivity index (χ0) is 16.3. The van der Waals surface area contributed by atoms with Gasteiger partial charge in [0.05, 0.1) is 21.3 Å². The Labute approximate surface area is 132 Å². The summed E-state index contributed by atoms with van der Waals surface area (Å²) in [6, 6.07) is 8.51. The minimum Gasteiger partial charge on any atom is -0.507 e. The van der Waals surface area contributed by atoms with E-state index in [0.717, 1.165) is 12.1 Å². The van der Waals surface area contributed by atoms with E-state index >= 15 is 0 Å². The molecule has 3 nitrogen and oxygen atoms in total. The molecule has 0 spiro atoms. The van der Waals surface area contributed by atoms with Crippen LogP contribution in [0.4, 0.5) is 13.2 Å². The highest BCUT2D eigenvalue weighted by Crippen LogP contribution is 2.30. The van der Waals surface area contributed by atoms with Crippen LogP contribution in [-0.2, 0) is 6.18 Å². The molecule has 1 aromatic heterocycles. The number of alkyl halides is 3. The van der Waals surface area contributed by atoms with Gasteiger partial charge in [-0.15, -0.1) is 0 Å². The Balaban J connectivity index is 2.37. The first-order valence-electron chi connectivity index (χ1n) is 5.95. The van der Waals surface area contributed by atoms with Crippen LogP contribution in [-0.4, -0.2) is 10.1 Å². The predicted octanol–water partition coefficient (Wildman–Crippen LogP) is 4.63. The van der Waals surface area contributed by atoms with Gasteiger partial charge in [0.25, 0.3) is 0 Å². The number of rotatable bonds is 2. The predicted molar refractivity (Wildman–Crippen MR) is 78.5 cm³/mol. The van der Waals surface area contributed by atoms with Crippen molar-refractivity contribution in [1.29, 1.82) is 5.26 Å². The molecule has 0 amide bonds. The second kappa shape index (κ2) is 6.20. The topological polar surface area (TPSA) is 56.9 Å². The van der Waals surface area contributed by atoms with Gasteiger partial charge in [0, 0.05) is 6.20 Å². The quantitative estimate of drug-likeness (QED) is 0.786. The second-order valence-corrected chi connectivity index (χ2v) is 5.16. The van der Waals surface area contributed by atoms with Gasteiger partial charge in [-0.25, -0.2) is 0 Å². The molecule has 0 aliphatic carbocycles. The first-order chi connectivity index (χ1) is 10.3. The maximum absolute atomic E-state index is 12.5. The third-order valence-electron chi connectivity index (χ3n) is 2.77. The van der Waals surface area contributed by atoms with E-state index in [4.69, 9.17) is 5.26 Å². The van der Waals surface area contributed by atoms with Gasteiger partial charge in [-0.3, -0.25) is 4.98 Å². The number of hydrogen-bond acceptors (Lipinski definition) is 3. The number of phenolic OH excluding ortho intramolecular Hbond substituents is 1. The summed E-state index contributed by atoms with van der Waals surface area (Å²) in [6.07, 6.45) is -2.31. The molecule has 0 saturated carbocycles. The Kier molecular flexibility index (Phi) is 4.52. The van der Waals surface area contributed by atoms with Crippen molar-refractivity contribution in [2.24, 2.45) is 0 Å². The number of hydrogen-bond donors (Lipinski definition) is 1. The van der Waals surface area contributed by atoms with E-state index in [1.807, 2.05) is 6.07 Å². The fraction of sp³-hybridized carbons (Fsp3) is 0.0667. The number of aromatic nitrogens is 1. The Bertz CT molecular complexity index is 762. The van der Waals surface area contributed by atoms with E-state index in [0.29, 0.717) is 16.2 Å². The molecule has 0 atom stereocenters. The monoisotopic (exact) mass is 368 g/mol. The fourth-order valence-corrected chi connectivity index (χ4v) is 2.06. The molecule has 0 fully saturated rings. The van der Waals surface area contributed by atoms with Crippen LogP contribution in [0.2, 0.25) is 0 Å². The number of pyridine rings is 1. The molecule has 0 radical (unpaired) electrons. The highest BCUT2D eigenvalue weighted by Gasteiger charge is 2.30. The van der Waals surface area contributed by atoms with Crippen molar-refractivity contribution >= 4 is 27.6 Å². The smallest absolute Gasteiger partial charge is 0.417 e. The average molecular weight is 369 g/mol. The van der Waals surface area contributed by atoms with E-state index < -0.39 is 11.7 Å². The van der Waals surface area contributed by atoms with E-state index in [-0.39, 0.29) is 17.0 Å². The van der Waals surface area contributed by atoms with E-state index in [1.54, 1.807) is 12.1 Å². The van der Waals surface area contributed by atoms with Crippen LogP contribution >= 0.6 is 15.9 Å². The fourth-order valence-electron chi connectivity index (χ4n) is 1.66. The molecule has 0 unspecified atom stereocenters. The van der Waals surface area contributed by atoms with Gasteiger partial charge in [0.15, 0.2) is 0 Å². The number of phenols is 1. The Morgan fingerprint density at radius 1 is 1.27 bits per heavy atom. The summed E-state index contributed by atoms with van der Waals surface area (Å²) < 4.78 is 37.9. The summed E-state index contributed by atoms with van der Waals surface area (Å²) in [7, 11) is 0. The Hall–Kier alpha value is -2.33. The first-order valence-corrected chi connectivity index (χ1v) is 6.74. The zero-order valence-electron chi connectivity index (χ0n) is 10.9. The lowest BCUT2D eigenvalue weighted by Gasteiger charge is -2.06. The van der Waals surface area contributed by atoms with Crippen LogP contribution in [0.1, 0.15) is 16.8 Å². The largest absolute Gasteiger partial charge is 0.507 e. The van der Waals surface area contributed by atoms with Crippen LogP contribution in [0.25, 0.3) is 11.6 Å². The van der Waals surface area contributed by atoms with E-state index in [1.165, 1.54) is 12.1 Å². The van der Waals surface area contributed by atoms with Crippen molar-refractivity contribution in [3.05, 3.63) is 57.8 Å². The number of allylic oxidation sites excluding steroid dienone is 1. The molecule has 7 heteroatoms. The maximum Gasteiger partial charge on any atom is 0.417 e. The first kappa shape index (κ1) is 16.0.